The second kappa shape index (κ2) is 7.08. The molecule has 0 radical (unpaired) electrons. The van der Waals surface area contributed by atoms with E-state index in [-0.39, 0.29) is 17.7 Å². The van der Waals surface area contributed by atoms with Crippen LogP contribution in [0.25, 0.3) is 0 Å². The van der Waals surface area contributed by atoms with Gasteiger partial charge in [-0.05, 0) is 30.5 Å². The fourth-order valence-electron chi connectivity index (χ4n) is 2.43. The van der Waals surface area contributed by atoms with E-state index in [9.17, 15) is 9.59 Å². The molecule has 1 N–H and O–H groups in total. The second-order valence-electron chi connectivity index (χ2n) is 5.73. The van der Waals surface area contributed by atoms with E-state index < -0.39 is 6.04 Å². The Morgan fingerprint density at radius 2 is 2.14 bits per heavy atom. The normalized spacial score (nSPS) is 18.9. The van der Waals surface area contributed by atoms with Crippen molar-refractivity contribution >= 4 is 11.8 Å². The standard InChI is InChI=1S/C17H21N3O2/c1-3-12(2)16(21)19-15-8-9-20(17(15)22)11-14-6-4-13(10-18)5-7-14/h4-7,12,15H,3,8-9,11H2,1-2H3,(H,19,21). The average molecular weight is 299 g/mol. The summed E-state index contributed by atoms with van der Waals surface area (Å²) in [7, 11) is 0. The van der Waals surface area contributed by atoms with Gasteiger partial charge in [0.05, 0.1) is 11.6 Å². The van der Waals surface area contributed by atoms with Gasteiger partial charge in [0.15, 0.2) is 0 Å². The molecule has 0 bridgehead atoms. The van der Waals surface area contributed by atoms with Gasteiger partial charge in [0.1, 0.15) is 6.04 Å². The molecule has 1 heterocycles. The Kier molecular flexibility index (Phi) is 5.16. The molecule has 1 fully saturated rings. The highest BCUT2D eigenvalue weighted by Gasteiger charge is 2.33. The Labute approximate surface area is 130 Å². The van der Waals surface area contributed by atoms with E-state index in [0.29, 0.717) is 25.1 Å². The lowest BCUT2D eigenvalue weighted by atomic mass is 10.1. The van der Waals surface area contributed by atoms with Crippen LogP contribution in [-0.4, -0.2) is 29.3 Å². The molecule has 0 aliphatic carbocycles. The first-order chi connectivity index (χ1) is 10.5. The zero-order chi connectivity index (χ0) is 16.1. The number of carbonyl (C=O) groups excluding carboxylic acids is 2. The van der Waals surface area contributed by atoms with Gasteiger partial charge in [-0.1, -0.05) is 26.0 Å². The maximum Gasteiger partial charge on any atom is 0.245 e. The Morgan fingerprint density at radius 3 is 2.73 bits per heavy atom. The molecule has 2 atom stereocenters. The van der Waals surface area contributed by atoms with Crippen molar-refractivity contribution in [1.29, 1.82) is 5.26 Å². The van der Waals surface area contributed by atoms with E-state index in [4.69, 9.17) is 5.26 Å². The smallest absolute Gasteiger partial charge is 0.245 e. The fourth-order valence-corrected chi connectivity index (χ4v) is 2.43. The summed E-state index contributed by atoms with van der Waals surface area (Å²) in [4.78, 5) is 26.0. The third kappa shape index (κ3) is 3.64. The Bertz CT molecular complexity index is 589. The van der Waals surface area contributed by atoms with Crippen molar-refractivity contribution < 1.29 is 9.59 Å². The van der Waals surface area contributed by atoms with Crippen molar-refractivity contribution in [3.05, 3.63) is 35.4 Å². The number of benzene rings is 1. The predicted molar refractivity (Wildman–Crippen MR) is 82.6 cm³/mol. The molecule has 1 aromatic carbocycles. The summed E-state index contributed by atoms with van der Waals surface area (Å²) in [5.74, 6) is -0.150. The molecule has 22 heavy (non-hydrogen) atoms. The van der Waals surface area contributed by atoms with Crippen LogP contribution in [0.15, 0.2) is 24.3 Å². The van der Waals surface area contributed by atoms with Crippen LogP contribution in [0.2, 0.25) is 0 Å². The maximum absolute atomic E-state index is 12.3. The van der Waals surface area contributed by atoms with Gasteiger partial charge in [0, 0.05) is 19.0 Å². The summed E-state index contributed by atoms with van der Waals surface area (Å²) in [6.45, 7) is 4.98. The fraction of sp³-hybridized carbons (Fsp3) is 0.471. The lowest BCUT2D eigenvalue weighted by Gasteiger charge is -2.18. The van der Waals surface area contributed by atoms with Crippen molar-refractivity contribution in [2.45, 2.75) is 39.3 Å². The van der Waals surface area contributed by atoms with Crippen LogP contribution in [0.3, 0.4) is 0 Å². The van der Waals surface area contributed by atoms with Crippen LogP contribution in [0.4, 0.5) is 0 Å². The van der Waals surface area contributed by atoms with Gasteiger partial charge < -0.3 is 10.2 Å². The molecule has 1 aliphatic rings. The lowest BCUT2D eigenvalue weighted by molar-refractivity contribution is -0.134. The van der Waals surface area contributed by atoms with Crippen molar-refractivity contribution in [2.75, 3.05) is 6.54 Å². The van der Waals surface area contributed by atoms with Gasteiger partial charge in [0.2, 0.25) is 11.8 Å². The highest BCUT2D eigenvalue weighted by Crippen LogP contribution is 2.16. The summed E-state index contributed by atoms with van der Waals surface area (Å²) >= 11 is 0. The minimum atomic E-state index is -0.403. The van der Waals surface area contributed by atoms with Gasteiger partial charge in [-0.2, -0.15) is 5.26 Å². The molecule has 1 aromatic rings. The summed E-state index contributed by atoms with van der Waals surface area (Å²) in [6.07, 6.45) is 1.42. The first-order valence-electron chi connectivity index (χ1n) is 7.63. The number of carbonyl (C=O) groups is 2. The second-order valence-corrected chi connectivity index (χ2v) is 5.73. The van der Waals surface area contributed by atoms with Crippen LogP contribution >= 0.6 is 0 Å². The van der Waals surface area contributed by atoms with Crippen molar-refractivity contribution in [1.82, 2.24) is 10.2 Å². The largest absolute Gasteiger partial charge is 0.344 e. The third-order valence-corrected chi connectivity index (χ3v) is 4.13. The molecule has 0 saturated carbocycles. The van der Waals surface area contributed by atoms with Gasteiger partial charge in [-0.25, -0.2) is 0 Å². The van der Waals surface area contributed by atoms with E-state index >= 15 is 0 Å². The maximum atomic E-state index is 12.3. The molecule has 0 spiro atoms. The lowest BCUT2D eigenvalue weighted by Crippen LogP contribution is -2.43. The third-order valence-electron chi connectivity index (χ3n) is 4.13. The van der Waals surface area contributed by atoms with Crippen LogP contribution in [-0.2, 0) is 16.1 Å². The SMILES string of the molecule is CCC(C)C(=O)NC1CCN(Cc2ccc(C#N)cc2)C1=O. The average Bonchev–Trinajstić information content (AvgIpc) is 2.88. The van der Waals surface area contributed by atoms with Crippen LogP contribution < -0.4 is 5.32 Å². The number of nitrogens with zero attached hydrogens (tertiary/aromatic N) is 2. The quantitative estimate of drug-likeness (QED) is 0.901. The number of hydrogen-bond acceptors (Lipinski definition) is 3. The molecule has 2 amide bonds. The molecule has 116 valence electrons. The summed E-state index contributed by atoms with van der Waals surface area (Å²) in [6, 6.07) is 8.88. The monoisotopic (exact) mass is 299 g/mol. The summed E-state index contributed by atoms with van der Waals surface area (Å²) in [5.41, 5.74) is 1.59. The molecule has 5 heteroatoms. The van der Waals surface area contributed by atoms with Crippen LogP contribution in [0.5, 0.6) is 0 Å². The van der Waals surface area contributed by atoms with E-state index in [1.54, 1.807) is 17.0 Å². The molecule has 0 aromatic heterocycles. The Hall–Kier alpha value is -2.35. The van der Waals surface area contributed by atoms with Crippen LogP contribution in [0, 0.1) is 17.2 Å². The van der Waals surface area contributed by atoms with E-state index in [1.807, 2.05) is 26.0 Å². The highest BCUT2D eigenvalue weighted by molar-refractivity contribution is 5.89. The van der Waals surface area contributed by atoms with E-state index in [1.165, 1.54) is 0 Å². The Balaban J connectivity index is 1.93. The minimum absolute atomic E-state index is 0.0268. The topological polar surface area (TPSA) is 73.2 Å². The molecule has 1 aliphatic heterocycles. The summed E-state index contributed by atoms with van der Waals surface area (Å²) in [5, 5.41) is 11.6. The molecule has 2 unspecified atom stereocenters. The first-order valence-corrected chi connectivity index (χ1v) is 7.63. The van der Waals surface area contributed by atoms with Crippen LogP contribution in [0.1, 0.15) is 37.8 Å². The van der Waals surface area contributed by atoms with Crippen molar-refractivity contribution in [3.8, 4) is 6.07 Å². The van der Waals surface area contributed by atoms with Gasteiger partial charge in [0.25, 0.3) is 0 Å². The van der Waals surface area contributed by atoms with Crippen molar-refractivity contribution in [2.24, 2.45) is 5.92 Å². The molecular weight excluding hydrogens is 278 g/mol. The zero-order valence-corrected chi connectivity index (χ0v) is 13.0. The molecule has 1 saturated heterocycles. The first kappa shape index (κ1) is 16.0. The minimum Gasteiger partial charge on any atom is -0.344 e. The highest BCUT2D eigenvalue weighted by atomic mass is 16.2. The van der Waals surface area contributed by atoms with E-state index in [2.05, 4.69) is 11.4 Å². The molecule has 2 rings (SSSR count). The number of rotatable bonds is 5. The van der Waals surface area contributed by atoms with Crippen molar-refractivity contribution in [3.63, 3.8) is 0 Å². The number of nitriles is 1. The van der Waals surface area contributed by atoms with E-state index in [0.717, 1.165) is 12.0 Å². The molecular formula is C17H21N3O2. The Morgan fingerprint density at radius 1 is 1.45 bits per heavy atom. The zero-order valence-electron chi connectivity index (χ0n) is 13.0. The molecule has 5 nitrogen and oxygen atoms in total. The number of nitrogens with one attached hydrogen (secondary N) is 1. The van der Waals surface area contributed by atoms with Gasteiger partial charge in [-0.3, -0.25) is 9.59 Å². The predicted octanol–water partition coefficient (Wildman–Crippen LogP) is 1.82. The number of hydrogen-bond donors (Lipinski definition) is 1. The van der Waals surface area contributed by atoms with Gasteiger partial charge in [-0.15, -0.1) is 0 Å². The van der Waals surface area contributed by atoms with Gasteiger partial charge >= 0.3 is 0 Å². The summed E-state index contributed by atoms with van der Waals surface area (Å²) < 4.78 is 0. The number of likely N-dealkylation sites (tertiary alicyclic amines) is 1. The number of amides is 2.